The van der Waals surface area contributed by atoms with Crippen molar-refractivity contribution in [3.63, 3.8) is 0 Å². The van der Waals surface area contributed by atoms with Crippen molar-refractivity contribution in [2.24, 2.45) is 11.3 Å². The first-order valence-corrected chi connectivity index (χ1v) is 12.2. The van der Waals surface area contributed by atoms with Gasteiger partial charge in [0.05, 0.1) is 35.1 Å². The number of carbonyl (C=O) groups excluding carboxylic acids is 1. The maximum absolute atomic E-state index is 13.9. The van der Waals surface area contributed by atoms with E-state index in [9.17, 15) is 9.18 Å². The number of hydrogen-bond acceptors (Lipinski definition) is 4. The Labute approximate surface area is 203 Å². The Morgan fingerprint density at radius 2 is 1.80 bits per heavy atom. The third-order valence-corrected chi connectivity index (χ3v) is 7.36. The Kier molecular flexibility index (Phi) is 5.18. The lowest BCUT2D eigenvalue weighted by molar-refractivity contribution is -0.124. The van der Waals surface area contributed by atoms with E-state index >= 15 is 0 Å². The van der Waals surface area contributed by atoms with Crippen molar-refractivity contribution in [1.29, 1.82) is 0 Å². The van der Waals surface area contributed by atoms with Crippen LogP contribution in [-0.4, -0.2) is 33.3 Å². The molecule has 2 fully saturated rings. The zero-order chi connectivity index (χ0) is 24.2. The molecule has 1 aliphatic heterocycles. The molecule has 1 amide bonds. The van der Waals surface area contributed by atoms with Gasteiger partial charge in [-0.25, -0.2) is 14.1 Å². The van der Waals surface area contributed by atoms with Crippen LogP contribution in [0.3, 0.4) is 0 Å². The molecule has 1 N–H and O–H groups in total. The summed E-state index contributed by atoms with van der Waals surface area (Å²) in [5.41, 5.74) is 2.04. The van der Waals surface area contributed by atoms with Gasteiger partial charge in [-0.05, 0) is 75.0 Å². The van der Waals surface area contributed by atoms with Crippen LogP contribution in [-0.2, 0) is 4.79 Å². The molecule has 0 radical (unpaired) electrons. The third-order valence-electron chi connectivity index (χ3n) is 7.36. The van der Waals surface area contributed by atoms with E-state index in [0.717, 1.165) is 28.7 Å². The standard InChI is InChI=1S/C28H28FN5O/c1-28(2)26(31-15-18-8-9-18)25(19-6-4-3-5-7-19)33(27(28)35)24-14-20-16-32-34(23(20)17-30-24)22-12-10-21(29)11-13-22/h3-7,10-14,16-18,25-26,31H,8-9,15H2,1-2H3/t25-,26-/m1/s1. The third kappa shape index (κ3) is 3.80. The molecule has 4 aromatic rings. The fourth-order valence-electron chi connectivity index (χ4n) is 5.17. The largest absolute Gasteiger partial charge is 0.310 e. The molecule has 1 saturated carbocycles. The second kappa shape index (κ2) is 8.27. The average Bonchev–Trinajstić information content (AvgIpc) is 3.56. The monoisotopic (exact) mass is 469 g/mol. The van der Waals surface area contributed by atoms with Crippen LogP contribution < -0.4 is 10.2 Å². The van der Waals surface area contributed by atoms with Crippen LogP contribution >= 0.6 is 0 Å². The van der Waals surface area contributed by atoms with Crippen LogP contribution in [0.5, 0.6) is 0 Å². The Morgan fingerprint density at radius 1 is 1.06 bits per heavy atom. The smallest absolute Gasteiger partial charge is 0.236 e. The zero-order valence-electron chi connectivity index (χ0n) is 19.9. The SMILES string of the molecule is CC1(C)C(=O)N(c2cc3cnn(-c4ccc(F)cc4)c3cn2)[C@H](c2ccccc2)[C@H]1NCC1CC1. The molecule has 1 aliphatic carbocycles. The Balaban J connectivity index is 1.42. The normalized spacial score (nSPS) is 21.7. The molecule has 0 bridgehead atoms. The predicted molar refractivity (Wildman–Crippen MR) is 134 cm³/mol. The fraction of sp³-hybridized carbons (Fsp3) is 0.321. The van der Waals surface area contributed by atoms with E-state index in [1.54, 1.807) is 29.2 Å². The van der Waals surface area contributed by atoms with Gasteiger partial charge in [0.2, 0.25) is 5.91 Å². The fourth-order valence-corrected chi connectivity index (χ4v) is 5.17. The molecule has 6 rings (SSSR count). The van der Waals surface area contributed by atoms with Gasteiger partial charge in [0.15, 0.2) is 0 Å². The first kappa shape index (κ1) is 21.9. The average molecular weight is 470 g/mol. The number of nitrogens with one attached hydrogen (secondary N) is 1. The summed E-state index contributed by atoms with van der Waals surface area (Å²) in [4.78, 5) is 20.5. The lowest BCUT2D eigenvalue weighted by Crippen LogP contribution is -2.44. The summed E-state index contributed by atoms with van der Waals surface area (Å²) in [5.74, 6) is 1.08. The number of rotatable bonds is 6. The van der Waals surface area contributed by atoms with Gasteiger partial charge in [-0.1, -0.05) is 30.3 Å². The minimum Gasteiger partial charge on any atom is -0.310 e. The number of fused-ring (bicyclic) bond motifs is 1. The van der Waals surface area contributed by atoms with Crippen molar-refractivity contribution in [2.45, 2.75) is 38.8 Å². The summed E-state index contributed by atoms with van der Waals surface area (Å²) in [5, 5.41) is 9.11. The number of hydrogen-bond donors (Lipinski definition) is 1. The van der Waals surface area contributed by atoms with E-state index < -0.39 is 5.41 Å². The summed E-state index contributed by atoms with van der Waals surface area (Å²) in [7, 11) is 0. The van der Waals surface area contributed by atoms with E-state index in [-0.39, 0.29) is 23.8 Å². The Bertz CT molecular complexity index is 1380. The Hall–Kier alpha value is -3.58. The topological polar surface area (TPSA) is 63.1 Å². The molecular weight excluding hydrogens is 441 g/mol. The lowest BCUT2D eigenvalue weighted by atomic mass is 9.82. The molecule has 0 unspecified atom stereocenters. The highest BCUT2D eigenvalue weighted by Crippen LogP contribution is 2.46. The molecule has 3 heterocycles. The highest BCUT2D eigenvalue weighted by Gasteiger charge is 2.55. The molecule has 2 aliphatic rings. The number of nitrogens with zero attached hydrogens (tertiary/aromatic N) is 4. The van der Waals surface area contributed by atoms with Crippen LogP contribution in [0.25, 0.3) is 16.6 Å². The van der Waals surface area contributed by atoms with Crippen molar-refractivity contribution in [1.82, 2.24) is 20.1 Å². The molecule has 2 aromatic heterocycles. The van der Waals surface area contributed by atoms with Crippen molar-refractivity contribution in [3.05, 3.63) is 84.4 Å². The van der Waals surface area contributed by atoms with Crippen molar-refractivity contribution < 1.29 is 9.18 Å². The summed E-state index contributed by atoms with van der Waals surface area (Å²) in [6, 6.07) is 18.1. The maximum atomic E-state index is 13.9. The van der Waals surface area contributed by atoms with Crippen LogP contribution in [0.4, 0.5) is 10.2 Å². The van der Waals surface area contributed by atoms with Gasteiger partial charge in [-0.15, -0.1) is 0 Å². The second-order valence-corrected chi connectivity index (χ2v) is 10.2. The number of amides is 1. The lowest BCUT2D eigenvalue weighted by Gasteiger charge is -2.30. The number of pyridine rings is 1. The number of aromatic nitrogens is 3. The number of carbonyl (C=O) groups is 1. The number of halogens is 1. The van der Waals surface area contributed by atoms with E-state index in [2.05, 4.69) is 22.5 Å². The summed E-state index contributed by atoms with van der Waals surface area (Å²) in [6.45, 7) is 4.98. The van der Waals surface area contributed by atoms with E-state index in [0.29, 0.717) is 11.7 Å². The summed E-state index contributed by atoms with van der Waals surface area (Å²) < 4.78 is 15.1. The zero-order valence-corrected chi connectivity index (χ0v) is 19.9. The van der Waals surface area contributed by atoms with Crippen molar-refractivity contribution in [2.75, 3.05) is 11.4 Å². The van der Waals surface area contributed by atoms with E-state index in [4.69, 9.17) is 4.98 Å². The van der Waals surface area contributed by atoms with Crippen LogP contribution in [0.15, 0.2) is 73.1 Å². The van der Waals surface area contributed by atoms with Gasteiger partial charge in [0.25, 0.3) is 0 Å². The predicted octanol–water partition coefficient (Wildman–Crippen LogP) is 5.04. The van der Waals surface area contributed by atoms with Gasteiger partial charge >= 0.3 is 0 Å². The van der Waals surface area contributed by atoms with Gasteiger partial charge in [0, 0.05) is 11.4 Å². The van der Waals surface area contributed by atoms with Gasteiger partial charge in [0.1, 0.15) is 11.6 Å². The highest BCUT2D eigenvalue weighted by molar-refractivity contribution is 6.02. The summed E-state index contributed by atoms with van der Waals surface area (Å²) in [6.07, 6.45) is 6.01. The van der Waals surface area contributed by atoms with E-state index in [1.165, 1.54) is 25.0 Å². The minimum absolute atomic E-state index is 0.0440. The van der Waals surface area contributed by atoms with Crippen molar-refractivity contribution in [3.8, 4) is 5.69 Å². The van der Waals surface area contributed by atoms with Crippen LogP contribution in [0, 0.1) is 17.2 Å². The molecule has 0 spiro atoms. The van der Waals surface area contributed by atoms with Crippen LogP contribution in [0.1, 0.15) is 38.3 Å². The Morgan fingerprint density at radius 3 is 2.51 bits per heavy atom. The molecular formula is C28H28FN5O. The molecule has 2 aromatic carbocycles. The molecule has 1 saturated heterocycles. The maximum Gasteiger partial charge on any atom is 0.236 e. The number of anilines is 1. The second-order valence-electron chi connectivity index (χ2n) is 10.2. The van der Waals surface area contributed by atoms with E-state index in [1.807, 2.05) is 43.0 Å². The van der Waals surface area contributed by atoms with Gasteiger partial charge in [-0.2, -0.15) is 5.10 Å². The molecule has 178 valence electrons. The molecule has 2 atom stereocenters. The van der Waals surface area contributed by atoms with Gasteiger partial charge in [-0.3, -0.25) is 9.69 Å². The highest BCUT2D eigenvalue weighted by atomic mass is 19.1. The van der Waals surface area contributed by atoms with Crippen LogP contribution in [0.2, 0.25) is 0 Å². The minimum atomic E-state index is -0.593. The quantitative estimate of drug-likeness (QED) is 0.430. The molecule has 7 heteroatoms. The first-order valence-electron chi connectivity index (χ1n) is 12.2. The van der Waals surface area contributed by atoms with Crippen molar-refractivity contribution >= 4 is 22.6 Å². The van der Waals surface area contributed by atoms with Gasteiger partial charge < -0.3 is 5.32 Å². The first-order chi connectivity index (χ1) is 16.9. The summed E-state index contributed by atoms with van der Waals surface area (Å²) >= 11 is 0. The number of benzene rings is 2. The molecule has 6 nitrogen and oxygen atoms in total. The molecule has 35 heavy (non-hydrogen) atoms.